The van der Waals surface area contributed by atoms with Gasteiger partial charge in [0.2, 0.25) is 0 Å². The Hall–Kier alpha value is -3.31. The number of benzene rings is 2. The zero-order valence-corrected chi connectivity index (χ0v) is 19.8. The van der Waals surface area contributed by atoms with Crippen molar-refractivity contribution in [3.8, 4) is 11.5 Å². The van der Waals surface area contributed by atoms with Gasteiger partial charge in [0.05, 0.1) is 18.7 Å². The maximum Gasteiger partial charge on any atom is 0.251 e. The summed E-state index contributed by atoms with van der Waals surface area (Å²) in [5, 5.41) is 2.96. The zero-order chi connectivity index (χ0) is 23.8. The summed E-state index contributed by atoms with van der Waals surface area (Å²) >= 11 is 5.73. The quantitative estimate of drug-likeness (QED) is 0.203. The van der Waals surface area contributed by atoms with Crippen LogP contribution in [-0.4, -0.2) is 23.7 Å². The van der Waals surface area contributed by atoms with Crippen LogP contribution in [0, 0.1) is 0 Å². The molecule has 3 aromatic carbocycles. The van der Waals surface area contributed by atoms with Crippen molar-refractivity contribution in [1.82, 2.24) is 4.57 Å². The minimum absolute atomic E-state index is 0.0205. The van der Waals surface area contributed by atoms with Gasteiger partial charge in [-0.25, -0.2) is 0 Å². The number of aromatic nitrogens is 1. The first kappa shape index (κ1) is 23.8. The number of hydrogen-bond acceptors (Lipinski definition) is 4. The molecule has 0 N–H and O–H groups in total. The normalized spacial score (nSPS) is 11.1. The first-order chi connectivity index (χ1) is 16.6. The van der Waals surface area contributed by atoms with Crippen LogP contribution < -0.4 is 20.5 Å². The zero-order valence-electron chi connectivity index (χ0n) is 19.0. The standard InChI is InChI=1S/C28H28ClNO4/c29-15-1-3-17-34-26-13-8-22-9-14-28(32)30(27(22)20-26)16-2-4-18-33-25-12-7-21-5-10-24(31)11-6-23(21)19-25/h5-14,19-20H,1-4,15-18H2. The van der Waals surface area contributed by atoms with E-state index in [1.807, 2.05) is 54.6 Å². The first-order valence-electron chi connectivity index (χ1n) is 11.6. The number of pyridine rings is 1. The van der Waals surface area contributed by atoms with Crippen molar-refractivity contribution in [3.05, 3.63) is 93.4 Å². The van der Waals surface area contributed by atoms with Crippen LogP contribution in [0.3, 0.4) is 0 Å². The third kappa shape index (κ3) is 6.17. The molecular weight excluding hydrogens is 450 g/mol. The Morgan fingerprint density at radius 2 is 1.26 bits per heavy atom. The van der Waals surface area contributed by atoms with Gasteiger partial charge >= 0.3 is 0 Å². The highest BCUT2D eigenvalue weighted by Crippen LogP contribution is 2.21. The van der Waals surface area contributed by atoms with Gasteiger partial charge in [-0.15, -0.1) is 11.6 Å². The fourth-order valence-corrected chi connectivity index (χ4v) is 4.06. The number of halogens is 1. The molecule has 1 heterocycles. The number of alkyl halides is 1. The molecule has 0 radical (unpaired) electrons. The predicted octanol–water partition coefficient (Wildman–Crippen LogP) is 5.77. The average molecular weight is 478 g/mol. The van der Waals surface area contributed by atoms with Crippen LogP contribution in [0.25, 0.3) is 21.7 Å². The number of rotatable bonds is 11. The molecule has 0 amide bonds. The van der Waals surface area contributed by atoms with Crippen LogP contribution in [0.15, 0.2) is 82.4 Å². The number of hydrogen-bond donors (Lipinski definition) is 0. The molecule has 0 aliphatic carbocycles. The second kappa shape index (κ2) is 11.7. The molecule has 0 saturated carbocycles. The fourth-order valence-electron chi connectivity index (χ4n) is 3.88. The Balaban J connectivity index is 1.36. The molecule has 0 atom stereocenters. The van der Waals surface area contributed by atoms with Crippen molar-refractivity contribution in [3.63, 3.8) is 0 Å². The van der Waals surface area contributed by atoms with Crippen LogP contribution in [0.1, 0.15) is 25.7 Å². The number of ether oxygens (including phenoxy) is 2. The van der Waals surface area contributed by atoms with E-state index in [9.17, 15) is 9.59 Å². The topological polar surface area (TPSA) is 57.5 Å². The lowest BCUT2D eigenvalue weighted by atomic mass is 10.2. The Kier molecular flexibility index (Phi) is 8.21. The molecule has 0 spiro atoms. The minimum Gasteiger partial charge on any atom is -0.494 e. The van der Waals surface area contributed by atoms with E-state index in [0.29, 0.717) is 25.6 Å². The van der Waals surface area contributed by atoms with E-state index >= 15 is 0 Å². The van der Waals surface area contributed by atoms with Crippen molar-refractivity contribution < 1.29 is 9.47 Å². The van der Waals surface area contributed by atoms with E-state index in [0.717, 1.165) is 58.9 Å². The smallest absolute Gasteiger partial charge is 0.251 e. The SMILES string of the molecule is O=c1ccc2ccc(OCCCCn3c(=O)ccc4ccc(OCCCCCl)cc43)cc2cc1. The van der Waals surface area contributed by atoms with Crippen molar-refractivity contribution in [2.45, 2.75) is 32.2 Å². The highest BCUT2D eigenvalue weighted by Gasteiger charge is 2.06. The van der Waals surface area contributed by atoms with Crippen molar-refractivity contribution >= 4 is 33.3 Å². The number of fused-ring (bicyclic) bond motifs is 2. The van der Waals surface area contributed by atoms with Gasteiger partial charge in [-0.05, 0) is 84.3 Å². The van der Waals surface area contributed by atoms with Gasteiger partial charge in [0.25, 0.3) is 5.56 Å². The van der Waals surface area contributed by atoms with Crippen molar-refractivity contribution in [2.24, 2.45) is 0 Å². The Morgan fingerprint density at radius 1 is 0.647 bits per heavy atom. The number of aryl methyl sites for hydroxylation is 1. The maximum atomic E-state index is 12.6. The van der Waals surface area contributed by atoms with Gasteiger partial charge in [0, 0.05) is 24.6 Å². The van der Waals surface area contributed by atoms with E-state index in [-0.39, 0.29) is 11.0 Å². The molecule has 34 heavy (non-hydrogen) atoms. The van der Waals surface area contributed by atoms with Crippen LogP contribution >= 0.6 is 11.6 Å². The fraction of sp³-hybridized carbons (Fsp3) is 0.286. The molecule has 4 rings (SSSR count). The average Bonchev–Trinajstić information content (AvgIpc) is 3.04. The van der Waals surface area contributed by atoms with Gasteiger partial charge in [0.1, 0.15) is 11.5 Å². The summed E-state index contributed by atoms with van der Waals surface area (Å²) in [6.07, 6.45) is 3.43. The number of nitrogens with zero attached hydrogens (tertiary/aromatic N) is 1. The summed E-state index contributed by atoms with van der Waals surface area (Å²) < 4.78 is 13.6. The van der Waals surface area contributed by atoms with Gasteiger partial charge in [-0.3, -0.25) is 9.59 Å². The molecule has 6 heteroatoms. The summed E-state index contributed by atoms with van der Waals surface area (Å²) in [6.45, 7) is 1.76. The summed E-state index contributed by atoms with van der Waals surface area (Å²) in [7, 11) is 0. The van der Waals surface area contributed by atoms with Crippen LogP contribution in [0.4, 0.5) is 0 Å². The molecule has 4 aromatic rings. The molecule has 0 fully saturated rings. The predicted molar refractivity (Wildman–Crippen MR) is 139 cm³/mol. The van der Waals surface area contributed by atoms with Gasteiger partial charge in [-0.1, -0.05) is 18.2 Å². The van der Waals surface area contributed by atoms with E-state index < -0.39 is 0 Å². The molecule has 1 aromatic heterocycles. The van der Waals surface area contributed by atoms with Gasteiger partial charge in [-0.2, -0.15) is 0 Å². The third-order valence-electron chi connectivity index (χ3n) is 5.72. The van der Waals surface area contributed by atoms with Crippen LogP contribution in [0.5, 0.6) is 11.5 Å². The monoisotopic (exact) mass is 477 g/mol. The maximum absolute atomic E-state index is 12.6. The van der Waals surface area contributed by atoms with E-state index in [1.54, 1.807) is 22.8 Å². The van der Waals surface area contributed by atoms with E-state index in [2.05, 4.69) is 0 Å². The van der Waals surface area contributed by atoms with Crippen LogP contribution in [0.2, 0.25) is 0 Å². The lowest BCUT2D eigenvalue weighted by molar-refractivity contribution is 0.303. The highest BCUT2D eigenvalue weighted by atomic mass is 35.5. The summed E-state index contributed by atoms with van der Waals surface area (Å²) in [4.78, 5) is 24.1. The lowest BCUT2D eigenvalue weighted by Crippen LogP contribution is -2.19. The van der Waals surface area contributed by atoms with Crippen LogP contribution in [-0.2, 0) is 6.54 Å². The van der Waals surface area contributed by atoms with Crippen molar-refractivity contribution in [2.75, 3.05) is 19.1 Å². The Morgan fingerprint density at radius 3 is 2.03 bits per heavy atom. The molecular formula is C28H28ClNO4. The molecule has 176 valence electrons. The minimum atomic E-state index is -0.0210. The summed E-state index contributed by atoms with van der Waals surface area (Å²) in [6, 6.07) is 21.9. The molecule has 0 aliphatic rings. The Labute approximate surface area is 203 Å². The van der Waals surface area contributed by atoms with E-state index in [4.69, 9.17) is 21.1 Å². The Bertz CT molecular complexity index is 1380. The number of unbranched alkanes of at least 4 members (excludes halogenated alkanes) is 2. The van der Waals surface area contributed by atoms with Gasteiger partial charge < -0.3 is 14.0 Å². The molecule has 0 saturated heterocycles. The molecule has 5 nitrogen and oxygen atoms in total. The van der Waals surface area contributed by atoms with Crippen molar-refractivity contribution in [1.29, 1.82) is 0 Å². The largest absolute Gasteiger partial charge is 0.494 e. The van der Waals surface area contributed by atoms with Gasteiger partial charge in [0.15, 0.2) is 5.43 Å². The second-order valence-electron chi connectivity index (χ2n) is 8.20. The highest BCUT2D eigenvalue weighted by molar-refractivity contribution is 6.17. The third-order valence-corrected chi connectivity index (χ3v) is 5.99. The first-order valence-corrected chi connectivity index (χ1v) is 12.2. The van der Waals surface area contributed by atoms with E-state index in [1.165, 1.54) is 0 Å². The molecule has 0 bridgehead atoms. The molecule has 0 unspecified atom stereocenters. The summed E-state index contributed by atoms with van der Waals surface area (Å²) in [5.41, 5.74) is 0.837. The summed E-state index contributed by atoms with van der Waals surface area (Å²) in [5.74, 6) is 2.16. The molecule has 0 aliphatic heterocycles. The lowest BCUT2D eigenvalue weighted by Gasteiger charge is -2.13. The second-order valence-corrected chi connectivity index (χ2v) is 8.58.